The van der Waals surface area contributed by atoms with Gasteiger partial charge in [0.2, 0.25) is 0 Å². The number of esters is 2. The number of furan rings is 1. The molecule has 1 aliphatic carbocycles. The number of carbonyl (C=O) groups excluding carboxylic acids is 3. The van der Waals surface area contributed by atoms with Gasteiger partial charge in [-0.25, -0.2) is 4.57 Å². The van der Waals surface area contributed by atoms with E-state index in [0.717, 1.165) is 108 Å². The molecule has 1 aromatic rings. The van der Waals surface area contributed by atoms with E-state index in [-0.39, 0.29) is 50.7 Å². The topological polar surface area (TPSA) is 205 Å². The predicted octanol–water partition coefficient (Wildman–Crippen LogP) is 9.63. The Balaban J connectivity index is 1.66. The second-order valence-corrected chi connectivity index (χ2v) is 18.4. The maximum Gasteiger partial charge on any atom is 0.472 e. The van der Waals surface area contributed by atoms with E-state index in [2.05, 4.69) is 27.7 Å². The maximum atomic E-state index is 12.7. The van der Waals surface area contributed by atoms with Crippen LogP contribution in [0.4, 0.5) is 0 Å². The zero-order chi connectivity index (χ0) is 44.9. The Morgan fingerprint density at radius 3 is 1.98 bits per heavy atom. The zero-order valence-corrected chi connectivity index (χ0v) is 39.0. The lowest BCUT2D eigenvalue weighted by Crippen LogP contribution is -2.29. The first-order valence-corrected chi connectivity index (χ1v) is 25.1. The Kier molecular flexibility index (Phi) is 29.0. The van der Waals surface area contributed by atoms with Crippen molar-refractivity contribution in [2.24, 2.45) is 17.6 Å². The fraction of sp³-hybridized carbons (Fsp3) is 0.809. The van der Waals surface area contributed by atoms with Crippen LogP contribution >= 0.6 is 7.82 Å². The lowest BCUT2D eigenvalue weighted by molar-refractivity contribution is -0.161. The number of unbranched alkanes of at least 4 members (excludes halogenated alkanes) is 14. The average Bonchev–Trinajstić information content (AvgIpc) is 3.66. The minimum absolute atomic E-state index is 0.00222. The van der Waals surface area contributed by atoms with Crippen LogP contribution in [0.3, 0.4) is 0 Å². The summed E-state index contributed by atoms with van der Waals surface area (Å²) in [5.74, 6) is 0.721. The molecule has 2 rings (SSSR count). The minimum Gasteiger partial charge on any atom is -0.466 e. The molecule has 1 unspecified atom stereocenters. The first-order valence-electron chi connectivity index (χ1n) is 23.6. The number of allylic oxidation sites excluding steroid dienone is 1. The number of ether oxygens (including phenoxy) is 2. The predicted molar refractivity (Wildman–Crippen MR) is 238 cm³/mol. The summed E-state index contributed by atoms with van der Waals surface area (Å²) in [5.41, 5.74) is 7.98. The fourth-order valence-electron chi connectivity index (χ4n) is 7.89. The van der Waals surface area contributed by atoms with Crippen LogP contribution in [0.5, 0.6) is 0 Å². The number of rotatable bonds is 37. The molecule has 5 N–H and O–H groups in total. The summed E-state index contributed by atoms with van der Waals surface area (Å²) in [6, 6.07) is 0. The van der Waals surface area contributed by atoms with Crippen molar-refractivity contribution in [1.82, 2.24) is 0 Å². The number of hydrogen-bond acceptors (Lipinski definition) is 12. The Bertz CT molecular complexity index is 1450. The third-order valence-corrected chi connectivity index (χ3v) is 12.7. The average molecular weight is 884 g/mol. The van der Waals surface area contributed by atoms with Gasteiger partial charge in [-0.3, -0.25) is 23.4 Å². The van der Waals surface area contributed by atoms with Crippen molar-refractivity contribution >= 4 is 25.5 Å². The first-order chi connectivity index (χ1) is 29.3. The molecule has 1 aromatic heterocycles. The quantitative estimate of drug-likeness (QED) is 0.0213. The Morgan fingerprint density at radius 2 is 1.36 bits per heavy atom. The largest absolute Gasteiger partial charge is 0.472 e. The van der Waals surface area contributed by atoms with Gasteiger partial charge < -0.3 is 34.7 Å². The molecule has 0 spiro atoms. The first kappa shape index (κ1) is 54.8. The Hall–Kier alpha value is -2.38. The number of aryl methyl sites for hydroxylation is 2. The van der Waals surface area contributed by atoms with Crippen LogP contribution in [-0.4, -0.2) is 77.5 Å². The summed E-state index contributed by atoms with van der Waals surface area (Å²) < 4.78 is 39.1. The highest BCUT2D eigenvalue weighted by molar-refractivity contribution is 7.47. The van der Waals surface area contributed by atoms with E-state index in [1.165, 1.54) is 30.4 Å². The summed E-state index contributed by atoms with van der Waals surface area (Å²) in [7, 11) is -4.45. The van der Waals surface area contributed by atoms with Gasteiger partial charge in [-0.1, -0.05) is 116 Å². The number of Topliss-reactive ketones (excluding diaryl/α,β-unsaturated/α-hetero) is 1. The van der Waals surface area contributed by atoms with Crippen LogP contribution in [0.2, 0.25) is 0 Å². The smallest absolute Gasteiger partial charge is 0.466 e. The summed E-state index contributed by atoms with van der Waals surface area (Å²) in [6.45, 7) is 7.65. The van der Waals surface area contributed by atoms with E-state index >= 15 is 0 Å². The highest BCUT2D eigenvalue weighted by Gasteiger charge is 2.39. The molecule has 61 heavy (non-hydrogen) atoms. The lowest BCUT2D eigenvalue weighted by Gasteiger charge is -2.20. The number of hydrogen-bond donors (Lipinski definition) is 4. The molecule has 0 bridgehead atoms. The number of aliphatic hydroxyl groups excluding tert-OH is 2. The molecule has 0 amide bonds. The van der Waals surface area contributed by atoms with Gasteiger partial charge in [0.25, 0.3) is 0 Å². The van der Waals surface area contributed by atoms with Crippen molar-refractivity contribution in [2.45, 2.75) is 207 Å². The number of nitrogens with two attached hydrogens (primary N) is 1. The van der Waals surface area contributed by atoms with Gasteiger partial charge in [0, 0.05) is 44.6 Å². The van der Waals surface area contributed by atoms with Crippen LogP contribution < -0.4 is 5.73 Å². The minimum atomic E-state index is -4.45. The van der Waals surface area contributed by atoms with Crippen molar-refractivity contribution < 1.29 is 57.0 Å². The van der Waals surface area contributed by atoms with Gasteiger partial charge in [-0.05, 0) is 69.4 Å². The summed E-state index contributed by atoms with van der Waals surface area (Å²) in [5, 5.41) is 20.8. The van der Waals surface area contributed by atoms with Crippen molar-refractivity contribution in [3.05, 3.63) is 34.8 Å². The van der Waals surface area contributed by atoms with E-state index in [1.807, 2.05) is 0 Å². The molecule has 1 heterocycles. The van der Waals surface area contributed by atoms with Crippen LogP contribution in [0, 0.1) is 25.7 Å². The SMILES string of the molecule is CCCCCc1oc(CCCCCCCCCCC(=O)O[C@H](COC(=O)CCCCCC[C@H]2[C@@H](O)CC(=O)[C@@H]2/C=C/[C@@H](O)CCCCC)COP(=O)(O)OCCN)c(C)c1C. The molecule has 0 radical (unpaired) electrons. The molecule has 352 valence electrons. The van der Waals surface area contributed by atoms with Crippen LogP contribution in [0.15, 0.2) is 16.6 Å². The van der Waals surface area contributed by atoms with Crippen molar-refractivity contribution in [2.75, 3.05) is 26.4 Å². The molecule has 0 aromatic carbocycles. The van der Waals surface area contributed by atoms with E-state index in [4.69, 9.17) is 28.7 Å². The molecule has 1 saturated carbocycles. The second kappa shape index (κ2) is 32.3. The van der Waals surface area contributed by atoms with Crippen molar-refractivity contribution in [1.29, 1.82) is 0 Å². The van der Waals surface area contributed by atoms with Gasteiger partial charge in [0.1, 0.15) is 23.9 Å². The summed E-state index contributed by atoms with van der Waals surface area (Å²) in [4.78, 5) is 47.8. The van der Waals surface area contributed by atoms with Gasteiger partial charge in [-0.15, -0.1) is 0 Å². The zero-order valence-electron chi connectivity index (χ0n) is 38.1. The van der Waals surface area contributed by atoms with Crippen LogP contribution in [-0.2, 0) is 50.3 Å². The highest BCUT2D eigenvalue weighted by Crippen LogP contribution is 2.43. The molecular weight excluding hydrogens is 801 g/mol. The number of phosphoric ester groups is 1. The monoisotopic (exact) mass is 884 g/mol. The van der Waals surface area contributed by atoms with Gasteiger partial charge in [0.05, 0.1) is 25.4 Å². The fourth-order valence-corrected chi connectivity index (χ4v) is 8.66. The molecule has 13 nitrogen and oxygen atoms in total. The third-order valence-electron chi connectivity index (χ3n) is 11.8. The maximum absolute atomic E-state index is 12.7. The molecule has 1 aliphatic rings. The number of aliphatic hydroxyl groups is 2. The number of phosphoric acid groups is 1. The van der Waals surface area contributed by atoms with E-state index in [0.29, 0.717) is 25.7 Å². The van der Waals surface area contributed by atoms with E-state index in [9.17, 15) is 34.1 Å². The molecule has 1 fully saturated rings. The molecule has 6 atom stereocenters. The highest BCUT2D eigenvalue weighted by atomic mass is 31.2. The van der Waals surface area contributed by atoms with Gasteiger partial charge in [0.15, 0.2) is 6.10 Å². The summed E-state index contributed by atoms with van der Waals surface area (Å²) in [6.07, 6.45) is 22.6. The van der Waals surface area contributed by atoms with E-state index in [1.54, 1.807) is 12.2 Å². The Labute approximate surface area is 366 Å². The number of carbonyl (C=O) groups is 3. The molecule has 0 aliphatic heterocycles. The van der Waals surface area contributed by atoms with Crippen molar-refractivity contribution in [3.8, 4) is 0 Å². The standard InChI is InChI=1S/C47H82NO12P/c1-5-7-17-23-38(49)29-30-41-40(42(50)33-43(41)51)24-19-15-16-21-27-46(52)56-34-39(35-58-61(54,55)57-32-31-48)59-47(53)28-22-14-12-10-9-11-13-20-26-45-37(4)36(3)44(60-45)25-18-8-6-2/h29-30,38-42,49-50H,5-28,31-35,48H2,1-4H3,(H,54,55)/b30-29+/t38-,39+,40+,41+,42-/m0/s1. The van der Waals surface area contributed by atoms with Crippen LogP contribution in [0.25, 0.3) is 0 Å². The van der Waals surface area contributed by atoms with Crippen LogP contribution in [0.1, 0.15) is 184 Å². The lowest BCUT2D eigenvalue weighted by atomic mass is 9.88. The van der Waals surface area contributed by atoms with E-state index < -0.39 is 50.6 Å². The number of ketones is 1. The second-order valence-electron chi connectivity index (χ2n) is 17.0. The van der Waals surface area contributed by atoms with Gasteiger partial charge in [-0.2, -0.15) is 0 Å². The Morgan fingerprint density at radius 1 is 0.803 bits per heavy atom. The molecule has 14 heteroatoms. The normalized spacial score (nSPS) is 18.8. The molecule has 0 saturated heterocycles. The van der Waals surface area contributed by atoms with Gasteiger partial charge >= 0.3 is 19.8 Å². The van der Waals surface area contributed by atoms with Crippen molar-refractivity contribution in [3.63, 3.8) is 0 Å². The molecular formula is C47H82NO12P. The summed E-state index contributed by atoms with van der Waals surface area (Å²) >= 11 is 0. The third kappa shape index (κ3) is 23.8.